The van der Waals surface area contributed by atoms with E-state index >= 15 is 0 Å². The van der Waals surface area contributed by atoms with Crippen molar-refractivity contribution in [1.29, 1.82) is 0 Å². The normalized spacial score (nSPS) is 14.4. The topological polar surface area (TPSA) is 41.5 Å². The van der Waals surface area contributed by atoms with Crippen LogP contribution in [0, 0.1) is 0 Å². The van der Waals surface area contributed by atoms with Crippen molar-refractivity contribution in [2.24, 2.45) is 0 Å². The summed E-state index contributed by atoms with van der Waals surface area (Å²) in [5, 5.41) is 12.5. The third-order valence-electron chi connectivity index (χ3n) is 2.57. The lowest BCUT2D eigenvalue weighted by atomic mass is 10.1. The molecule has 0 amide bonds. The molecule has 0 radical (unpaired) electrons. The SMILES string of the molecule is CCCOc1ccc(C(C)NCC(C)O)cc1. The van der Waals surface area contributed by atoms with E-state index in [1.54, 1.807) is 6.92 Å². The van der Waals surface area contributed by atoms with E-state index in [0.717, 1.165) is 18.8 Å². The van der Waals surface area contributed by atoms with Crippen molar-refractivity contribution in [2.45, 2.75) is 39.3 Å². The van der Waals surface area contributed by atoms with Crippen molar-refractivity contribution in [3.8, 4) is 5.75 Å². The van der Waals surface area contributed by atoms with Crippen LogP contribution >= 0.6 is 0 Å². The van der Waals surface area contributed by atoms with Crippen LogP contribution in [0.2, 0.25) is 0 Å². The van der Waals surface area contributed by atoms with E-state index in [9.17, 15) is 5.11 Å². The quantitative estimate of drug-likeness (QED) is 0.765. The summed E-state index contributed by atoms with van der Waals surface area (Å²) in [4.78, 5) is 0. The highest BCUT2D eigenvalue weighted by atomic mass is 16.5. The van der Waals surface area contributed by atoms with Crippen LogP contribution in [0.1, 0.15) is 38.8 Å². The number of benzene rings is 1. The first-order valence-electron chi connectivity index (χ1n) is 6.27. The summed E-state index contributed by atoms with van der Waals surface area (Å²) in [6.45, 7) is 7.33. The van der Waals surface area contributed by atoms with Gasteiger partial charge in [-0.1, -0.05) is 19.1 Å². The van der Waals surface area contributed by atoms with Gasteiger partial charge in [0.25, 0.3) is 0 Å². The Bertz CT molecular complexity index is 309. The highest BCUT2D eigenvalue weighted by molar-refractivity contribution is 5.28. The fourth-order valence-corrected chi connectivity index (χ4v) is 1.54. The second-order valence-corrected chi connectivity index (χ2v) is 4.40. The number of ether oxygens (including phenoxy) is 1. The maximum Gasteiger partial charge on any atom is 0.119 e. The minimum atomic E-state index is -0.315. The van der Waals surface area contributed by atoms with Gasteiger partial charge in [-0.15, -0.1) is 0 Å². The molecule has 0 spiro atoms. The van der Waals surface area contributed by atoms with E-state index in [1.165, 1.54) is 5.56 Å². The van der Waals surface area contributed by atoms with Crippen LogP contribution in [0.25, 0.3) is 0 Å². The average Bonchev–Trinajstić information content (AvgIpc) is 2.34. The predicted molar refractivity (Wildman–Crippen MR) is 70.3 cm³/mol. The maximum atomic E-state index is 9.21. The Kier molecular flexibility index (Phi) is 6.01. The molecule has 0 heterocycles. The number of aliphatic hydroxyl groups excluding tert-OH is 1. The third kappa shape index (κ3) is 5.20. The van der Waals surface area contributed by atoms with Gasteiger partial charge in [0.15, 0.2) is 0 Å². The standard InChI is InChI=1S/C14H23NO2/c1-4-9-17-14-7-5-13(6-8-14)12(3)15-10-11(2)16/h5-8,11-12,15-16H,4,9-10H2,1-3H3. The molecule has 0 saturated heterocycles. The summed E-state index contributed by atoms with van der Waals surface area (Å²) >= 11 is 0. The van der Waals surface area contributed by atoms with Gasteiger partial charge >= 0.3 is 0 Å². The number of rotatable bonds is 7. The Morgan fingerprint density at radius 1 is 1.24 bits per heavy atom. The molecule has 0 fully saturated rings. The van der Waals surface area contributed by atoms with Gasteiger partial charge in [-0.3, -0.25) is 0 Å². The lowest BCUT2D eigenvalue weighted by Gasteiger charge is -2.16. The van der Waals surface area contributed by atoms with Crippen LogP contribution in [0.4, 0.5) is 0 Å². The van der Waals surface area contributed by atoms with Crippen LogP contribution in [0.3, 0.4) is 0 Å². The molecule has 0 aliphatic rings. The van der Waals surface area contributed by atoms with Gasteiger partial charge in [0.2, 0.25) is 0 Å². The summed E-state index contributed by atoms with van der Waals surface area (Å²) in [7, 11) is 0. The maximum absolute atomic E-state index is 9.21. The second-order valence-electron chi connectivity index (χ2n) is 4.40. The van der Waals surface area contributed by atoms with Crippen molar-refractivity contribution in [3.05, 3.63) is 29.8 Å². The first-order chi connectivity index (χ1) is 8.13. The first-order valence-corrected chi connectivity index (χ1v) is 6.27. The van der Waals surface area contributed by atoms with Crippen molar-refractivity contribution >= 4 is 0 Å². The Balaban J connectivity index is 2.48. The molecule has 1 aromatic carbocycles. The van der Waals surface area contributed by atoms with E-state index < -0.39 is 0 Å². The minimum absolute atomic E-state index is 0.241. The molecule has 2 atom stereocenters. The van der Waals surface area contributed by atoms with Crippen LogP contribution in [-0.4, -0.2) is 24.4 Å². The molecule has 3 heteroatoms. The minimum Gasteiger partial charge on any atom is -0.494 e. The summed E-state index contributed by atoms with van der Waals surface area (Å²) < 4.78 is 5.53. The predicted octanol–water partition coefficient (Wildman–Crippen LogP) is 2.51. The molecule has 3 nitrogen and oxygen atoms in total. The van der Waals surface area contributed by atoms with Crippen molar-refractivity contribution in [2.75, 3.05) is 13.2 Å². The fourth-order valence-electron chi connectivity index (χ4n) is 1.54. The van der Waals surface area contributed by atoms with Gasteiger partial charge in [-0.2, -0.15) is 0 Å². The molecule has 0 aromatic heterocycles. The summed E-state index contributed by atoms with van der Waals surface area (Å²) in [6.07, 6.45) is 0.707. The first kappa shape index (κ1) is 14.0. The molecule has 17 heavy (non-hydrogen) atoms. The second kappa shape index (κ2) is 7.30. The Labute approximate surface area is 104 Å². The van der Waals surface area contributed by atoms with Gasteiger partial charge < -0.3 is 15.2 Å². The smallest absolute Gasteiger partial charge is 0.119 e. The molecule has 96 valence electrons. The highest BCUT2D eigenvalue weighted by Crippen LogP contribution is 2.17. The average molecular weight is 237 g/mol. The monoisotopic (exact) mass is 237 g/mol. The number of aliphatic hydroxyl groups is 1. The molecule has 0 aliphatic heterocycles. The Morgan fingerprint density at radius 3 is 2.41 bits per heavy atom. The van der Waals surface area contributed by atoms with E-state index in [4.69, 9.17) is 4.74 Å². The fraction of sp³-hybridized carbons (Fsp3) is 0.571. The van der Waals surface area contributed by atoms with Gasteiger partial charge in [0.1, 0.15) is 5.75 Å². The van der Waals surface area contributed by atoms with Gasteiger partial charge in [-0.05, 0) is 38.0 Å². The largest absolute Gasteiger partial charge is 0.494 e. The molecule has 1 rings (SSSR count). The number of hydrogen-bond donors (Lipinski definition) is 2. The molecule has 0 saturated carbocycles. The van der Waals surface area contributed by atoms with E-state index in [0.29, 0.717) is 6.54 Å². The Morgan fingerprint density at radius 2 is 1.88 bits per heavy atom. The van der Waals surface area contributed by atoms with Crippen LogP contribution in [-0.2, 0) is 0 Å². The van der Waals surface area contributed by atoms with Crippen LogP contribution < -0.4 is 10.1 Å². The van der Waals surface area contributed by atoms with E-state index in [-0.39, 0.29) is 12.1 Å². The van der Waals surface area contributed by atoms with E-state index in [1.807, 2.05) is 12.1 Å². The summed E-state index contributed by atoms with van der Waals surface area (Å²) in [6, 6.07) is 8.34. The lowest BCUT2D eigenvalue weighted by molar-refractivity contribution is 0.187. The molecule has 2 N–H and O–H groups in total. The molecular weight excluding hydrogens is 214 g/mol. The molecule has 1 aromatic rings. The van der Waals surface area contributed by atoms with Crippen molar-refractivity contribution < 1.29 is 9.84 Å². The highest BCUT2D eigenvalue weighted by Gasteiger charge is 2.05. The molecule has 0 aliphatic carbocycles. The molecule has 2 unspecified atom stereocenters. The van der Waals surface area contributed by atoms with Gasteiger partial charge in [0, 0.05) is 12.6 Å². The number of nitrogens with one attached hydrogen (secondary N) is 1. The summed E-state index contributed by atoms with van der Waals surface area (Å²) in [5.41, 5.74) is 1.20. The lowest BCUT2D eigenvalue weighted by Crippen LogP contribution is -2.27. The third-order valence-corrected chi connectivity index (χ3v) is 2.57. The van der Waals surface area contributed by atoms with E-state index in [2.05, 4.69) is 31.3 Å². The molecular formula is C14H23NO2. The zero-order valence-corrected chi connectivity index (χ0v) is 10.9. The zero-order valence-electron chi connectivity index (χ0n) is 10.9. The van der Waals surface area contributed by atoms with Crippen LogP contribution in [0.5, 0.6) is 5.75 Å². The van der Waals surface area contributed by atoms with Crippen molar-refractivity contribution in [3.63, 3.8) is 0 Å². The van der Waals surface area contributed by atoms with Gasteiger partial charge in [0.05, 0.1) is 12.7 Å². The van der Waals surface area contributed by atoms with Crippen LogP contribution in [0.15, 0.2) is 24.3 Å². The molecule has 0 bridgehead atoms. The van der Waals surface area contributed by atoms with Crippen molar-refractivity contribution in [1.82, 2.24) is 5.32 Å². The Hall–Kier alpha value is -1.06. The summed E-state index contributed by atoms with van der Waals surface area (Å²) in [5.74, 6) is 0.915. The van der Waals surface area contributed by atoms with Gasteiger partial charge in [-0.25, -0.2) is 0 Å². The number of hydrogen-bond acceptors (Lipinski definition) is 3. The zero-order chi connectivity index (χ0) is 12.7.